The molecule has 2 amide bonds. The molecule has 3 aliphatic heterocycles. The Bertz CT molecular complexity index is 2310. The molecule has 0 radical (unpaired) electrons. The number of hydrogen-bond acceptors (Lipinski definition) is 11. The molecule has 1 fully saturated rings. The minimum Gasteiger partial charge on any atom is -0.505 e. The second-order valence-corrected chi connectivity index (χ2v) is 13.8. The van der Waals surface area contributed by atoms with Crippen molar-refractivity contribution < 1.29 is 44.9 Å². The van der Waals surface area contributed by atoms with Crippen molar-refractivity contribution in [2.45, 2.75) is 51.5 Å². The van der Waals surface area contributed by atoms with Gasteiger partial charge in [0.05, 0.1) is 42.9 Å². The van der Waals surface area contributed by atoms with Gasteiger partial charge in [-0.15, -0.1) is 0 Å². The number of H-pyrrole nitrogens is 1. The quantitative estimate of drug-likeness (QED) is 0.129. The zero-order valence-electron chi connectivity index (χ0n) is 29.2. The fourth-order valence-corrected chi connectivity index (χ4v) is 7.67. The Labute approximate surface area is 315 Å². The summed E-state index contributed by atoms with van der Waals surface area (Å²) in [5, 5.41) is 9.84. The average Bonchev–Trinajstić information content (AvgIpc) is 3.90. The van der Waals surface area contributed by atoms with Crippen LogP contribution in [0.25, 0.3) is 27.6 Å². The van der Waals surface area contributed by atoms with E-state index in [2.05, 4.69) is 35.1 Å². The first-order valence-corrected chi connectivity index (χ1v) is 17.9. The van der Waals surface area contributed by atoms with E-state index in [1.807, 2.05) is 6.07 Å². The molecular formula is C33H28F6N12O4S. The number of benzene rings is 1. The lowest BCUT2D eigenvalue weighted by molar-refractivity contribution is -0.137. The maximum Gasteiger partial charge on any atom is 0.431 e. The number of amides is 2. The van der Waals surface area contributed by atoms with Crippen LogP contribution in [0, 0.1) is 13.5 Å². The van der Waals surface area contributed by atoms with Gasteiger partial charge in [0.2, 0.25) is 22.8 Å². The largest absolute Gasteiger partial charge is 0.505 e. The molecule has 1 aromatic carbocycles. The Morgan fingerprint density at radius 2 is 1.82 bits per heavy atom. The molecular weight excluding hydrogens is 774 g/mol. The highest BCUT2D eigenvalue weighted by Gasteiger charge is 2.54. The van der Waals surface area contributed by atoms with Gasteiger partial charge in [-0.05, 0) is 51.0 Å². The molecule has 56 heavy (non-hydrogen) atoms. The van der Waals surface area contributed by atoms with Gasteiger partial charge in [0, 0.05) is 30.8 Å². The molecule has 23 heteroatoms. The smallest absolute Gasteiger partial charge is 0.431 e. The molecule has 4 aromatic rings. The molecule has 3 aliphatic rings. The maximum atomic E-state index is 14.2. The van der Waals surface area contributed by atoms with Crippen molar-refractivity contribution in [1.29, 1.82) is 0 Å². The molecule has 0 saturated carbocycles. The van der Waals surface area contributed by atoms with Crippen molar-refractivity contribution >= 4 is 51.7 Å². The molecule has 3 aromatic heterocycles. The standard InChI is InChI=1S/C33H28F6N12O4S/c1-4-49-26(52)15-48(29-30(49)45-22(14-41-29)19-7-8-21(44-17(19)2)28-42-16-43-46-28)9-5-6-10-55-24-12-18(11-20(27(24)40-3)32(34,35)36)50-31(53)23-13-25(33(37,38)39)47-51(23)56(50)54/h7-8,11-12,14,16,23H,4-6,9-10,13,15H2,1-2H3,(H,42,43,46). The summed E-state index contributed by atoms with van der Waals surface area (Å²) in [6.45, 7) is 11.4. The number of aromatic nitrogens is 6. The normalized spacial score (nSPS) is 18.3. The number of carbonyl (C=O) groups excluding carboxylic acids is 2. The van der Waals surface area contributed by atoms with Crippen molar-refractivity contribution in [2.24, 2.45) is 5.10 Å². The number of nitrogens with one attached hydrogen (secondary N) is 1. The average molecular weight is 803 g/mol. The molecule has 0 aliphatic carbocycles. The van der Waals surface area contributed by atoms with Crippen molar-refractivity contribution in [1.82, 2.24) is 34.5 Å². The highest BCUT2D eigenvalue weighted by Crippen LogP contribution is 2.47. The summed E-state index contributed by atoms with van der Waals surface area (Å²) < 4.78 is 102. The lowest BCUT2D eigenvalue weighted by atomic mass is 10.1. The summed E-state index contributed by atoms with van der Waals surface area (Å²) in [7, 11) is 0. The van der Waals surface area contributed by atoms with E-state index in [1.54, 1.807) is 31.0 Å². The predicted molar refractivity (Wildman–Crippen MR) is 187 cm³/mol. The number of carbonyl (C=O) groups is 2. The van der Waals surface area contributed by atoms with Crippen LogP contribution in [0.4, 0.5) is 49.4 Å². The summed E-state index contributed by atoms with van der Waals surface area (Å²) in [6, 6.07) is 3.27. The van der Waals surface area contributed by atoms with E-state index in [9.17, 15) is 40.1 Å². The number of hydrazone groups is 1. The van der Waals surface area contributed by atoms with E-state index in [4.69, 9.17) is 16.3 Å². The van der Waals surface area contributed by atoms with E-state index in [0.717, 1.165) is 6.07 Å². The Balaban J connectivity index is 1.06. The Morgan fingerprint density at radius 3 is 2.46 bits per heavy atom. The number of halogens is 6. The van der Waals surface area contributed by atoms with Gasteiger partial charge in [0.15, 0.2) is 17.5 Å². The minimum absolute atomic E-state index is 0.0193. The molecule has 6 heterocycles. The van der Waals surface area contributed by atoms with Crippen LogP contribution in [0.2, 0.25) is 0 Å². The van der Waals surface area contributed by atoms with Crippen LogP contribution in [-0.2, 0) is 26.9 Å². The monoisotopic (exact) mass is 802 g/mol. The van der Waals surface area contributed by atoms with Crippen molar-refractivity contribution in [3.63, 3.8) is 0 Å². The van der Waals surface area contributed by atoms with E-state index in [0.29, 0.717) is 67.9 Å². The van der Waals surface area contributed by atoms with Crippen LogP contribution in [-0.4, -0.2) is 94.7 Å². The maximum absolute atomic E-state index is 14.2. The third kappa shape index (κ3) is 6.95. The van der Waals surface area contributed by atoms with Crippen LogP contribution < -0.4 is 18.8 Å². The second-order valence-electron chi connectivity index (χ2n) is 12.6. The SMILES string of the molecule is [C-]#[N+]c1c(OCCCCN2CC(=O)N(CC)c3nc(-c4ccc(-c5ncn[nH]5)nc4C)cnc32)cc(N2C(=O)C3CC(C(F)(F)F)=NN3S2=O)cc1C(F)(F)F. The number of alkyl halides is 6. The van der Waals surface area contributed by atoms with Crippen LogP contribution in [0.5, 0.6) is 5.75 Å². The molecule has 1 N–H and O–H groups in total. The van der Waals surface area contributed by atoms with E-state index < -0.39 is 70.3 Å². The van der Waals surface area contributed by atoms with Crippen molar-refractivity contribution in [3.8, 4) is 28.5 Å². The van der Waals surface area contributed by atoms with Crippen LogP contribution in [0.3, 0.4) is 0 Å². The third-order valence-corrected chi connectivity index (χ3v) is 10.4. The first-order valence-electron chi connectivity index (χ1n) is 16.8. The lowest BCUT2D eigenvalue weighted by Gasteiger charge is -2.35. The minimum atomic E-state index is -5.12. The Hall–Kier alpha value is -6.18. The van der Waals surface area contributed by atoms with Gasteiger partial charge in [-0.3, -0.25) is 19.6 Å². The summed E-state index contributed by atoms with van der Waals surface area (Å²) in [4.78, 5) is 50.6. The highest BCUT2D eigenvalue weighted by molar-refractivity contribution is 7.85. The molecule has 16 nitrogen and oxygen atoms in total. The molecule has 0 bridgehead atoms. The third-order valence-electron chi connectivity index (χ3n) is 9.05. The molecule has 292 valence electrons. The zero-order valence-corrected chi connectivity index (χ0v) is 30.0. The van der Waals surface area contributed by atoms with Gasteiger partial charge in [0.25, 0.3) is 5.91 Å². The number of pyridine rings is 1. The van der Waals surface area contributed by atoms with Crippen LogP contribution in [0.1, 0.15) is 37.4 Å². The molecule has 2 atom stereocenters. The molecule has 1 saturated heterocycles. The first-order chi connectivity index (χ1) is 26.6. The molecule has 7 rings (SSSR count). The fraction of sp³-hybridized carbons (Fsp3) is 0.364. The van der Waals surface area contributed by atoms with Crippen LogP contribution in [0.15, 0.2) is 41.9 Å². The number of rotatable bonds is 10. The van der Waals surface area contributed by atoms with Gasteiger partial charge < -0.3 is 9.64 Å². The van der Waals surface area contributed by atoms with Gasteiger partial charge in [-0.1, -0.05) is 0 Å². The fourth-order valence-electron chi connectivity index (χ4n) is 6.39. The Kier molecular flexibility index (Phi) is 9.85. The highest BCUT2D eigenvalue weighted by atomic mass is 32.2. The number of aromatic amines is 1. The number of likely N-dealkylation sites (N-methyl/N-ethyl adjacent to an activating group) is 1. The molecule has 0 spiro atoms. The predicted octanol–water partition coefficient (Wildman–Crippen LogP) is 5.15. The van der Waals surface area contributed by atoms with Crippen molar-refractivity contribution in [2.75, 3.05) is 40.3 Å². The van der Waals surface area contributed by atoms with E-state index in [1.165, 1.54) is 11.2 Å². The number of ether oxygens (including phenoxy) is 1. The summed E-state index contributed by atoms with van der Waals surface area (Å²) >= 11 is -2.74. The van der Waals surface area contributed by atoms with Gasteiger partial charge in [-0.2, -0.15) is 41.0 Å². The first kappa shape index (κ1) is 38.1. The Morgan fingerprint density at radius 1 is 1.04 bits per heavy atom. The topological polar surface area (TPSA) is 170 Å². The summed E-state index contributed by atoms with van der Waals surface area (Å²) in [6.07, 6.45) is -7.45. The van der Waals surface area contributed by atoms with E-state index >= 15 is 0 Å². The number of hydrogen-bond donors (Lipinski definition) is 1. The number of fused-ring (bicyclic) bond motifs is 2. The number of anilines is 3. The summed E-state index contributed by atoms with van der Waals surface area (Å²) in [5.41, 5.74) is -1.97. The molecule has 2 unspecified atom stereocenters. The number of aryl methyl sites for hydroxylation is 1. The zero-order chi connectivity index (χ0) is 40.1. The van der Waals surface area contributed by atoms with Crippen molar-refractivity contribution in [3.05, 3.63) is 59.5 Å². The van der Waals surface area contributed by atoms with Crippen LogP contribution >= 0.6 is 0 Å². The van der Waals surface area contributed by atoms with Gasteiger partial charge in [-0.25, -0.2) is 33.3 Å². The van der Waals surface area contributed by atoms with E-state index in [-0.39, 0.29) is 32.0 Å². The second kappa shape index (κ2) is 14.5. The number of nitrogens with zero attached hydrogens (tertiary/aromatic N) is 11. The lowest BCUT2D eigenvalue weighted by Crippen LogP contribution is -2.47. The van der Waals surface area contributed by atoms with Gasteiger partial charge >= 0.3 is 12.4 Å². The number of unbranched alkanes of at least 4 members (excludes halogenated alkanes) is 1. The summed E-state index contributed by atoms with van der Waals surface area (Å²) in [5.74, 6) is -0.701. The van der Waals surface area contributed by atoms with Gasteiger partial charge in [0.1, 0.15) is 29.5 Å².